The van der Waals surface area contributed by atoms with Crippen molar-refractivity contribution in [3.8, 4) is 0 Å². The molecule has 132 valence electrons. The van der Waals surface area contributed by atoms with Gasteiger partial charge in [-0.2, -0.15) is 0 Å². The van der Waals surface area contributed by atoms with Gasteiger partial charge in [-0.15, -0.1) is 0 Å². The lowest BCUT2D eigenvalue weighted by atomic mass is 10.2. The van der Waals surface area contributed by atoms with Gasteiger partial charge in [0, 0.05) is 23.7 Å². The third-order valence-corrected chi connectivity index (χ3v) is 5.29. The first-order valence-corrected chi connectivity index (χ1v) is 9.49. The van der Waals surface area contributed by atoms with Crippen LogP contribution in [0.2, 0.25) is 5.02 Å². The average Bonchev–Trinajstić information content (AvgIpc) is 2.89. The highest BCUT2D eigenvalue weighted by molar-refractivity contribution is 8.26. The predicted molar refractivity (Wildman–Crippen MR) is 111 cm³/mol. The molecule has 0 radical (unpaired) electrons. The van der Waals surface area contributed by atoms with Crippen molar-refractivity contribution in [2.75, 3.05) is 11.9 Å². The second kappa shape index (κ2) is 8.49. The zero-order chi connectivity index (χ0) is 18.5. The number of anilines is 1. The van der Waals surface area contributed by atoms with Gasteiger partial charge >= 0.3 is 0 Å². The highest BCUT2D eigenvalue weighted by atomic mass is 35.5. The topological polar surface area (TPSA) is 49.4 Å². The van der Waals surface area contributed by atoms with Gasteiger partial charge in [-0.3, -0.25) is 14.5 Å². The molecule has 2 aromatic carbocycles. The molecule has 1 heterocycles. The van der Waals surface area contributed by atoms with Gasteiger partial charge in [-0.1, -0.05) is 65.9 Å². The molecule has 3 rings (SSSR count). The summed E-state index contributed by atoms with van der Waals surface area (Å²) in [6.45, 7) is 0.246. The van der Waals surface area contributed by atoms with Gasteiger partial charge in [-0.05, 0) is 35.9 Å². The number of halogens is 1. The maximum atomic E-state index is 12.5. The number of amides is 2. The summed E-state index contributed by atoms with van der Waals surface area (Å²) >= 11 is 12.4. The number of hydrogen-bond donors (Lipinski definition) is 1. The number of carbonyl (C=O) groups is 2. The molecular formula is C19H15ClN2O2S2. The highest BCUT2D eigenvalue weighted by Gasteiger charge is 2.32. The van der Waals surface area contributed by atoms with E-state index in [1.807, 2.05) is 36.4 Å². The molecule has 0 aromatic heterocycles. The Kier molecular flexibility index (Phi) is 6.08. The lowest BCUT2D eigenvalue weighted by molar-refractivity contribution is -0.122. The maximum absolute atomic E-state index is 12.5. The Balaban J connectivity index is 1.58. The molecular weight excluding hydrogens is 388 g/mol. The molecule has 7 heteroatoms. The predicted octanol–water partition coefficient (Wildman–Crippen LogP) is 4.57. The Hall–Kier alpha value is -2.15. The fraction of sp³-hybridized carbons (Fsp3) is 0.105. The van der Waals surface area contributed by atoms with Crippen LogP contribution >= 0.6 is 35.6 Å². The van der Waals surface area contributed by atoms with E-state index in [0.29, 0.717) is 19.9 Å². The summed E-state index contributed by atoms with van der Waals surface area (Å²) in [4.78, 5) is 26.7. The summed E-state index contributed by atoms with van der Waals surface area (Å²) in [5.74, 6) is -0.350. The van der Waals surface area contributed by atoms with E-state index in [9.17, 15) is 9.59 Å². The van der Waals surface area contributed by atoms with E-state index in [2.05, 4.69) is 5.32 Å². The van der Waals surface area contributed by atoms with Gasteiger partial charge in [-0.25, -0.2) is 0 Å². The molecule has 1 aliphatic heterocycles. The Morgan fingerprint density at radius 3 is 2.54 bits per heavy atom. The molecule has 1 N–H and O–H groups in total. The van der Waals surface area contributed by atoms with Gasteiger partial charge in [0.05, 0.1) is 4.91 Å². The van der Waals surface area contributed by atoms with Crippen LogP contribution in [0.3, 0.4) is 0 Å². The minimum absolute atomic E-state index is 0.160. The molecule has 0 aliphatic carbocycles. The molecule has 0 unspecified atom stereocenters. The smallest absolute Gasteiger partial charge is 0.266 e. The Bertz CT molecular complexity index is 867. The molecule has 0 bridgehead atoms. The van der Waals surface area contributed by atoms with Crippen LogP contribution in [0.4, 0.5) is 5.69 Å². The first-order chi connectivity index (χ1) is 12.5. The van der Waals surface area contributed by atoms with Gasteiger partial charge in [0.25, 0.3) is 5.91 Å². The standard InChI is InChI=1S/C19H15ClN2O2S2/c20-14-6-8-15(9-7-14)21-17(23)10-11-22-18(24)16(26-19(22)25)12-13-4-2-1-3-5-13/h1-9,12H,10-11H2,(H,21,23)/b16-12-. The molecule has 26 heavy (non-hydrogen) atoms. The normalized spacial score (nSPS) is 15.6. The number of carbonyl (C=O) groups excluding carboxylic acids is 2. The third kappa shape index (κ3) is 4.72. The van der Waals surface area contributed by atoms with E-state index >= 15 is 0 Å². The molecule has 0 spiro atoms. The highest BCUT2D eigenvalue weighted by Crippen LogP contribution is 2.32. The van der Waals surface area contributed by atoms with Crippen LogP contribution in [-0.4, -0.2) is 27.6 Å². The Labute approximate surface area is 166 Å². The van der Waals surface area contributed by atoms with E-state index in [0.717, 1.165) is 5.56 Å². The van der Waals surface area contributed by atoms with E-state index in [1.165, 1.54) is 16.7 Å². The lowest BCUT2D eigenvalue weighted by Gasteiger charge is -2.14. The van der Waals surface area contributed by atoms with Gasteiger partial charge < -0.3 is 5.32 Å². The zero-order valence-corrected chi connectivity index (χ0v) is 16.0. The van der Waals surface area contributed by atoms with E-state index < -0.39 is 0 Å². The quantitative estimate of drug-likeness (QED) is 0.588. The number of nitrogens with one attached hydrogen (secondary N) is 1. The number of thiocarbonyl (C=S) groups is 1. The summed E-state index contributed by atoms with van der Waals surface area (Å²) in [5.41, 5.74) is 1.60. The second-order valence-electron chi connectivity index (χ2n) is 5.55. The second-order valence-corrected chi connectivity index (χ2v) is 7.66. The van der Waals surface area contributed by atoms with Crippen LogP contribution in [0.15, 0.2) is 59.5 Å². The van der Waals surface area contributed by atoms with Crippen molar-refractivity contribution in [1.29, 1.82) is 0 Å². The molecule has 2 aromatic rings. The SMILES string of the molecule is O=C(CCN1C(=O)/C(=C/c2ccccc2)SC1=S)Nc1ccc(Cl)cc1. The molecule has 1 fully saturated rings. The van der Waals surface area contributed by atoms with Crippen LogP contribution in [-0.2, 0) is 9.59 Å². The number of rotatable bonds is 5. The zero-order valence-electron chi connectivity index (χ0n) is 13.6. The monoisotopic (exact) mass is 402 g/mol. The van der Waals surface area contributed by atoms with E-state index in [-0.39, 0.29) is 24.8 Å². The van der Waals surface area contributed by atoms with Gasteiger partial charge in [0.2, 0.25) is 5.91 Å². The molecule has 1 aliphatic rings. The van der Waals surface area contributed by atoms with Gasteiger partial charge in [0.1, 0.15) is 4.32 Å². The molecule has 4 nitrogen and oxygen atoms in total. The summed E-state index contributed by atoms with van der Waals surface area (Å²) in [7, 11) is 0. The van der Waals surface area contributed by atoms with Crippen molar-refractivity contribution >= 4 is 63.5 Å². The minimum atomic E-state index is -0.187. The molecule has 0 saturated carbocycles. The lowest BCUT2D eigenvalue weighted by Crippen LogP contribution is -2.31. The Morgan fingerprint density at radius 2 is 1.85 bits per heavy atom. The maximum Gasteiger partial charge on any atom is 0.266 e. The number of hydrogen-bond acceptors (Lipinski definition) is 4. The minimum Gasteiger partial charge on any atom is -0.326 e. The largest absolute Gasteiger partial charge is 0.326 e. The van der Waals surface area contributed by atoms with Crippen LogP contribution < -0.4 is 5.32 Å². The van der Waals surface area contributed by atoms with E-state index in [4.69, 9.17) is 23.8 Å². The summed E-state index contributed by atoms with van der Waals surface area (Å²) in [6.07, 6.45) is 1.97. The molecule has 2 amide bonds. The van der Waals surface area contributed by atoms with E-state index in [1.54, 1.807) is 24.3 Å². The molecule has 1 saturated heterocycles. The van der Waals surface area contributed by atoms with Crippen molar-refractivity contribution in [2.24, 2.45) is 0 Å². The van der Waals surface area contributed by atoms with Crippen molar-refractivity contribution in [1.82, 2.24) is 4.90 Å². The van der Waals surface area contributed by atoms with Crippen molar-refractivity contribution in [3.05, 3.63) is 70.1 Å². The van der Waals surface area contributed by atoms with Crippen molar-refractivity contribution in [3.63, 3.8) is 0 Å². The average molecular weight is 403 g/mol. The summed E-state index contributed by atoms with van der Waals surface area (Å²) < 4.78 is 0.469. The first kappa shape index (κ1) is 18.6. The van der Waals surface area contributed by atoms with Crippen LogP contribution in [0.5, 0.6) is 0 Å². The third-order valence-electron chi connectivity index (χ3n) is 3.66. The van der Waals surface area contributed by atoms with Crippen molar-refractivity contribution in [2.45, 2.75) is 6.42 Å². The molecule has 0 atom stereocenters. The van der Waals surface area contributed by atoms with Gasteiger partial charge in [0.15, 0.2) is 0 Å². The number of benzene rings is 2. The number of thioether (sulfide) groups is 1. The Morgan fingerprint density at radius 1 is 1.15 bits per heavy atom. The summed E-state index contributed by atoms with van der Waals surface area (Å²) in [5, 5.41) is 3.38. The first-order valence-electron chi connectivity index (χ1n) is 7.89. The van der Waals surface area contributed by atoms with Crippen LogP contribution in [0.25, 0.3) is 6.08 Å². The fourth-order valence-electron chi connectivity index (χ4n) is 2.36. The van der Waals surface area contributed by atoms with Crippen LogP contribution in [0, 0.1) is 0 Å². The van der Waals surface area contributed by atoms with Crippen molar-refractivity contribution < 1.29 is 9.59 Å². The fourth-order valence-corrected chi connectivity index (χ4v) is 3.80. The number of nitrogens with zero attached hydrogens (tertiary/aromatic N) is 1. The summed E-state index contributed by atoms with van der Waals surface area (Å²) in [6, 6.07) is 16.4. The van der Waals surface area contributed by atoms with Crippen LogP contribution in [0.1, 0.15) is 12.0 Å².